The Labute approximate surface area is 121 Å². The van der Waals surface area contributed by atoms with E-state index >= 15 is 0 Å². The molecule has 0 spiro atoms. The summed E-state index contributed by atoms with van der Waals surface area (Å²) in [5.74, 6) is -0.508. The van der Waals surface area contributed by atoms with E-state index in [9.17, 15) is 9.18 Å². The maximum atomic E-state index is 13.7. The Morgan fingerprint density at radius 2 is 2.16 bits per heavy atom. The van der Waals surface area contributed by atoms with E-state index in [0.717, 1.165) is 19.3 Å². The van der Waals surface area contributed by atoms with Crippen molar-refractivity contribution in [3.63, 3.8) is 0 Å². The van der Waals surface area contributed by atoms with Crippen LogP contribution in [0.15, 0.2) is 22.7 Å². The van der Waals surface area contributed by atoms with Crippen LogP contribution in [-0.4, -0.2) is 5.91 Å². The van der Waals surface area contributed by atoms with E-state index in [4.69, 9.17) is 0 Å². The van der Waals surface area contributed by atoms with Gasteiger partial charge in [-0.3, -0.25) is 4.79 Å². The molecular formula is C15H19BrFNO. The molecule has 1 amide bonds. The van der Waals surface area contributed by atoms with Gasteiger partial charge in [-0.2, -0.15) is 0 Å². The summed E-state index contributed by atoms with van der Waals surface area (Å²) >= 11 is 3.20. The highest BCUT2D eigenvalue weighted by atomic mass is 79.9. The number of carbonyl (C=O) groups is 1. The van der Waals surface area contributed by atoms with Crippen molar-refractivity contribution in [2.75, 3.05) is 5.32 Å². The Morgan fingerprint density at radius 1 is 1.42 bits per heavy atom. The smallest absolute Gasteiger partial charge is 0.228 e. The zero-order valence-corrected chi connectivity index (χ0v) is 12.9. The summed E-state index contributed by atoms with van der Waals surface area (Å²) in [4.78, 5) is 12.3. The summed E-state index contributed by atoms with van der Waals surface area (Å²) < 4.78 is 14.4. The van der Waals surface area contributed by atoms with Crippen LogP contribution in [0.2, 0.25) is 0 Å². The van der Waals surface area contributed by atoms with Gasteiger partial charge < -0.3 is 5.32 Å². The van der Waals surface area contributed by atoms with Gasteiger partial charge in [-0.15, -0.1) is 0 Å². The van der Waals surface area contributed by atoms with Crippen LogP contribution in [0, 0.1) is 17.2 Å². The predicted octanol–water partition coefficient (Wildman–Crippen LogP) is 4.74. The van der Waals surface area contributed by atoms with Crippen LogP contribution in [0.1, 0.15) is 39.5 Å². The first-order valence-electron chi connectivity index (χ1n) is 6.66. The van der Waals surface area contributed by atoms with Crippen LogP contribution in [-0.2, 0) is 4.79 Å². The van der Waals surface area contributed by atoms with Crippen molar-refractivity contribution in [1.82, 2.24) is 0 Å². The third-order valence-electron chi connectivity index (χ3n) is 4.01. The van der Waals surface area contributed by atoms with Crippen molar-refractivity contribution in [1.29, 1.82) is 0 Å². The number of carbonyl (C=O) groups excluding carboxylic acids is 1. The number of hydrogen-bond donors (Lipinski definition) is 1. The highest BCUT2D eigenvalue weighted by molar-refractivity contribution is 9.10. The number of halogens is 2. The van der Waals surface area contributed by atoms with E-state index in [1.807, 2.05) is 0 Å². The van der Waals surface area contributed by atoms with E-state index in [2.05, 4.69) is 35.1 Å². The summed E-state index contributed by atoms with van der Waals surface area (Å²) in [6, 6.07) is 4.68. The van der Waals surface area contributed by atoms with E-state index in [1.165, 1.54) is 12.5 Å². The molecule has 1 aliphatic rings. The van der Waals surface area contributed by atoms with Gasteiger partial charge in [-0.1, -0.05) is 42.6 Å². The quantitative estimate of drug-likeness (QED) is 0.834. The van der Waals surface area contributed by atoms with Crippen molar-refractivity contribution in [2.24, 2.45) is 11.3 Å². The lowest BCUT2D eigenvalue weighted by atomic mass is 9.68. The number of benzene rings is 1. The second-order valence-electron chi connectivity index (χ2n) is 5.90. The first kappa shape index (κ1) is 14.5. The summed E-state index contributed by atoms with van der Waals surface area (Å²) in [5.41, 5.74) is 0.253. The van der Waals surface area contributed by atoms with E-state index in [-0.39, 0.29) is 22.9 Å². The molecule has 0 aliphatic heterocycles. The molecule has 0 saturated heterocycles. The molecule has 1 aliphatic carbocycles. The van der Waals surface area contributed by atoms with Crippen LogP contribution in [0.25, 0.3) is 0 Å². The molecule has 0 heterocycles. The Balaban J connectivity index is 2.12. The van der Waals surface area contributed by atoms with Gasteiger partial charge in [0, 0.05) is 10.4 Å². The first-order chi connectivity index (χ1) is 8.90. The van der Waals surface area contributed by atoms with Gasteiger partial charge >= 0.3 is 0 Å². The average Bonchev–Trinajstić information content (AvgIpc) is 2.32. The average molecular weight is 328 g/mol. The van der Waals surface area contributed by atoms with Crippen LogP contribution < -0.4 is 5.32 Å². The minimum Gasteiger partial charge on any atom is -0.323 e. The van der Waals surface area contributed by atoms with Gasteiger partial charge in [-0.05, 0) is 36.5 Å². The number of nitrogens with one attached hydrogen (secondary N) is 1. The molecule has 1 N–H and O–H groups in total. The molecule has 1 aromatic rings. The summed E-state index contributed by atoms with van der Waals surface area (Å²) in [6.07, 6.45) is 4.18. The van der Waals surface area contributed by atoms with Gasteiger partial charge in [0.15, 0.2) is 0 Å². The molecule has 0 bridgehead atoms. The second-order valence-corrected chi connectivity index (χ2v) is 6.82. The lowest BCUT2D eigenvalue weighted by molar-refractivity contribution is -0.124. The number of anilines is 1. The van der Waals surface area contributed by atoms with Gasteiger partial charge in [0.2, 0.25) is 5.91 Å². The lowest BCUT2D eigenvalue weighted by Gasteiger charge is -2.37. The predicted molar refractivity (Wildman–Crippen MR) is 78.5 cm³/mol. The number of hydrogen-bond acceptors (Lipinski definition) is 1. The molecule has 0 aromatic heterocycles. The summed E-state index contributed by atoms with van der Waals surface area (Å²) in [6.45, 7) is 4.24. The number of rotatable bonds is 2. The van der Waals surface area contributed by atoms with Crippen molar-refractivity contribution < 1.29 is 9.18 Å². The van der Waals surface area contributed by atoms with Crippen LogP contribution >= 0.6 is 15.9 Å². The van der Waals surface area contributed by atoms with Gasteiger partial charge in [0.25, 0.3) is 0 Å². The fourth-order valence-corrected chi connectivity index (χ4v) is 3.12. The lowest BCUT2D eigenvalue weighted by Crippen LogP contribution is -2.37. The number of amides is 1. The minimum absolute atomic E-state index is 0.00578. The third kappa shape index (κ3) is 3.35. The van der Waals surface area contributed by atoms with Crippen molar-refractivity contribution in [3.8, 4) is 0 Å². The van der Waals surface area contributed by atoms with Gasteiger partial charge in [0.1, 0.15) is 5.82 Å². The zero-order valence-electron chi connectivity index (χ0n) is 11.3. The Kier molecular flexibility index (Phi) is 4.29. The molecule has 104 valence electrons. The SMILES string of the molecule is CC1(C)CCCCC1C(=O)Nc1ccc(Br)cc1F. The fourth-order valence-electron chi connectivity index (χ4n) is 2.79. The Hall–Kier alpha value is -0.900. The highest BCUT2D eigenvalue weighted by Gasteiger charge is 2.37. The molecule has 2 rings (SSSR count). The normalized spacial score (nSPS) is 22.0. The standard InChI is InChI=1S/C15H19BrFNO/c1-15(2)8-4-3-5-11(15)14(19)18-13-7-6-10(16)9-12(13)17/h6-7,9,11H,3-5,8H2,1-2H3,(H,18,19). The summed E-state index contributed by atoms with van der Waals surface area (Å²) in [7, 11) is 0. The van der Waals surface area contributed by atoms with E-state index in [1.54, 1.807) is 12.1 Å². The Bertz CT molecular complexity index is 487. The molecule has 2 nitrogen and oxygen atoms in total. The molecule has 1 unspecified atom stereocenters. The molecule has 0 radical (unpaired) electrons. The van der Waals surface area contributed by atoms with Crippen LogP contribution in [0.4, 0.5) is 10.1 Å². The van der Waals surface area contributed by atoms with Crippen molar-refractivity contribution in [2.45, 2.75) is 39.5 Å². The molecule has 19 heavy (non-hydrogen) atoms. The van der Waals surface area contributed by atoms with Gasteiger partial charge in [0.05, 0.1) is 5.69 Å². The molecule has 1 atom stereocenters. The zero-order chi connectivity index (χ0) is 14.0. The highest BCUT2D eigenvalue weighted by Crippen LogP contribution is 2.41. The maximum absolute atomic E-state index is 13.7. The van der Waals surface area contributed by atoms with E-state index in [0.29, 0.717) is 4.47 Å². The largest absolute Gasteiger partial charge is 0.323 e. The fraction of sp³-hybridized carbons (Fsp3) is 0.533. The van der Waals surface area contributed by atoms with Crippen molar-refractivity contribution >= 4 is 27.5 Å². The molecule has 1 aromatic carbocycles. The maximum Gasteiger partial charge on any atom is 0.228 e. The second kappa shape index (κ2) is 5.61. The monoisotopic (exact) mass is 327 g/mol. The van der Waals surface area contributed by atoms with E-state index < -0.39 is 5.82 Å². The third-order valence-corrected chi connectivity index (χ3v) is 4.51. The van der Waals surface area contributed by atoms with Crippen molar-refractivity contribution in [3.05, 3.63) is 28.5 Å². The minimum atomic E-state index is -0.406. The molecule has 1 saturated carbocycles. The Morgan fingerprint density at radius 3 is 2.79 bits per heavy atom. The van der Waals surface area contributed by atoms with Gasteiger partial charge in [-0.25, -0.2) is 4.39 Å². The topological polar surface area (TPSA) is 29.1 Å². The van der Waals surface area contributed by atoms with Crippen LogP contribution in [0.3, 0.4) is 0 Å². The molecular weight excluding hydrogens is 309 g/mol. The first-order valence-corrected chi connectivity index (χ1v) is 7.45. The molecule has 4 heteroatoms. The molecule has 1 fully saturated rings. The van der Waals surface area contributed by atoms with Crippen LogP contribution in [0.5, 0.6) is 0 Å². The summed E-state index contributed by atoms with van der Waals surface area (Å²) in [5, 5.41) is 2.73.